The summed E-state index contributed by atoms with van der Waals surface area (Å²) in [5, 5.41) is 0. The Hall–Kier alpha value is -0.850. The largest absolute Gasteiger partial charge is 0.261 e. The van der Waals surface area contributed by atoms with Gasteiger partial charge in [0, 0.05) is 17.8 Å². The van der Waals surface area contributed by atoms with Crippen LogP contribution in [-0.2, 0) is 6.42 Å². The van der Waals surface area contributed by atoms with Gasteiger partial charge in [0.2, 0.25) is 0 Å². The number of nitrogens with zero attached hydrogens (tertiary/aromatic N) is 1. The van der Waals surface area contributed by atoms with Crippen molar-refractivity contribution < 1.29 is 0 Å². The summed E-state index contributed by atoms with van der Waals surface area (Å²) in [6.07, 6.45) is 3.16. The van der Waals surface area contributed by atoms with Gasteiger partial charge in [0.25, 0.3) is 0 Å². The smallest absolute Gasteiger partial charge is 0.0434 e. The maximum atomic E-state index is 4.55. The summed E-state index contributed by atoms with van der Waals surface area (Å²) in [5.41, 5.74) is 2.57. The van der Waals surface area contributed by atoms with Crippen molar-refractivity contribution in [2.75, 3.05) is 0 Å². The molecule has 0 amide bonds. The van der Waals surface area contributed by atoms with E-state index in [1.807, 2.05) is 6.20 Å². The molecular formula is C14H23N. The lowest BCUT2D eigenvalue weighted by Crippen LogP contribution is -2.05. The van der Waals surface area contributed by atoms with Crippen LogP contribution in [0.4, 0.5) is 0 Å². The predicted molar refractivity (Wildman–Crippen MR) is 66.0 cm³/mol. The Bertz CT molecular complexity index is 285. The van der Waals surface area contributed by atoms with Crippen molar-refractivity contribution in [1.29, 1.82) is 0 Å². The van der Waals surface area contributed by atoms with Crippen LogP contribution in [0.15, 0.2) is 18.3 Å². The number of hydrogen-bond acceptors (Lipinski definition) is 1. The molecule has 0 saturated carbocycles. The van der Waals surface area contributed by atoms with Crippen LogP contribution in [0, 0.1) is 11.8 Å². The van der Waals surface area contributed by atoms with E-state index < -0.39 is 0 Å². The van der Waals surface area contributed by atoms with Crippen molar-refractivity contribution >= 4 is 0 Å². The van der Waals surface area contributed by atoms with Crippen LogP contribution >= 0.6 is 0 Å². The third-order valence-corrected chi connectivity index (χ3v) is 2.96. The molecule has 84 valence electrons. The Morgan fingerprint density at radius 1 is 1.07 bits per heavy atom. The topological polar surface area (TPSA) is 12.9 Å². The number of pyridine rings is 1. The molecule has 1 atom stereocenters. The van der Waals surface area contributed by atoms with Crippen LogP contribution < -0.4 is 0 Å². The molecule has 1 aromatic rings. The Morgan fingerprint density at radius 3 is 2.13 bits per heavy atom. The van der Waals surface area contributed by atoms with Gasteiger partial charge in [-0.3, -0.25) is 4.98 Å². The summed E-state index contributed by atoms with van der Waals surface area (Å²) in [5.74, 6) is 1.92. The lowest BCUT2D eigenvalue weighted by molar-refractivity contribution is 0.523. The highest BCUT2D eigenvalue weighted by Crippen LogP contribution is 2.21. The third kappa shape index (κ3) is 3.65. The van der Waals surface area contributed by atoms with Gasteiger partial charge in [0.05, 0.1) is 0 Å². The molecule has 0 N–H and O–H groups in total. The lowest BCUT2D eigenvalue weighted by atomic mass is 9.93. The quantitative estimate of drug-likeness (QED) is 0.723. The first-order valence-electron chi connectivity index (χ1n) is 5.95. The minimum atomic E-state index is 0.554. The SMILES string of the molecule is CC(C)Cc1ccc(C(C)C(C)C)nc1. The van der Waals surface area contributed by atoms with Crippen LogP contribution in [0.3, 0.4) is 0 Å². The van der Waals surface area contributed by atoms with E-state index in [1.54, 1.807) is 0 Å². The first kappa shape index (κ1) is 12.2. The molecule has 0 radical (unpaired) electrons. The molecule has 1 rings (SSSR count). The highest BCUT2D eigenvalue weighted by molar-refractivity contribution is 5.17. The van der Waals surface area contributed by atoms with Gasteiger partial charge in [-0.05, 0) is 29.9 Å². The fraction of sp³-hybridized carbons (Fsp3) is 0.643. The Morgan fingerprint density at radius 2 is 1.73 bits per heavy atom. The van der Waals surface area contributed by atoms with E-state index >= 15 is 0 Å². The highest BCUT2D eigenvalue weighted by atomic mass is 14.7. The zero-order valence-electron chi connectivity index (χ0n) is 10.6. The van der Waals surface area contributed by atoms with E-state index in [2.05, 4.69) is 51.7 Å². The van der Waals surface area contributed by atoms with Crippen molar-refractivity contribution in [3.05, 3.63) is 29.6 Å². The van der Waals surface area contributed by atoms with Crippen molar-refractivity contribution in [1.82, 2.24) is 4.98 Å². The fourth-order valence-corrected chi connectivity index (χ4v) is 1.64. The molecule has 0 aromatic carbocycles. The second-order valence-corrected chi connectivity index (χ2v) is 5.22. The monoisotopic (exact) mass is 205 g/mol. The molecule has 15 heavy (non-hydrogen) atoms. The first-order chi connectivity index (χ1) is 7.00. The average Bonchev–Trinajstić information content (AvgIpc) is 2.17. The highest BCUT2D eigenvalue weighted by Gasteiger charge is 2.10. The van der Waals surface area contributed by atoms with Crippen LogP contribution in [0.5, 0.6) is 0 Å². The van der Waals surface area contributed by atoms with Gasteiger partial charge in [-0.15, -0.1) is 0 Å². The van der Waals surface area contributed by atoms with Gasteiger partial charge in [0.15, 0.2) is 0 Å². The van der Waals surface area contributed by atoms with E-state index in [0.29, 0.717) is 17.8 Å². The average molecular weight is 205 g/mol. The zero-order chi connectivity index (χ0) is 11.4. The summed E-state index contributed by atoms with van der Waals surface area (Å²) in [6, 6.07) is 4.41. The van der Waals surface area contributed by atoms with Crippen LogP contribution in [0.1, 0.15) is 51.8 Å². The summed E-state index contributed by atoms with van der Waals surface area (Å²) in [6.45, 7) is 11.2. The minimum absolute atomic E-state index is 0.554. The van der Waals surface area contributed by atoms with Crippen molar-refractivity contribution in [3.63, 3.8) is 0 Å². The predicted octanol–water partition coefficient (Wildman–Crippen LogP) is 4.04. The van der Waals surface area contributed by atoms with E-state index in [0.717, 1.165) is 6.42 Å². The van der Waals surface area contributed by atoms with Gasteiger partial charge in [-0.1, -0.05) is 40.7 Å². The maximum absolute atomic E-state index is 4.55. The molecule has 1 heteroatoms. The van der Waals surface area contributed by atoms with Crippen LogP contribution in [-0.4, -0.2) is 4.98 Å². The number of rotatable bonds is 4. The summed E-state index contributed by atoms with van der Waals surface area (Å²) >= 11 is 0. The molecule has 0 bridgehead atoms. The standard InChI is InChI=1S/C14H23N/c1-10(2)8-13-6-7-14(15-9-13)12(5)11(3)4/h6-7,9-12H,8H2,1-5H3. The summed E-state index contributed by atoms with van der Waals surface area (Å²) < 4.78 is 0. The minimum Gasteiger partial charge on any atom is -0.261 e. The van der Waals surface area contributed by atoms with Gasteiger partial charge in [-0.2, -0.15) is 0 Å². The van der Waals surface area contributed by atoms with Crippen molar-refractivity contribution in [2.24, 2.45) is 11.8 Å². The Kier molecular flexibility index (Phi) is 4.31. The maximum Gasteiger partial charge on any atom is 0.0434 e. The molecular weight excluding hydrogens is 182 g/mol. The summed E-state index contributed by atoms with van der Waals surface area (Å²) in [4.78, 5) is 4.55. The molecule has 0 aliphatic rings. The van der Waals surface area contributed by atoms with E-state index in [9.17, 15) is 0 Å². The van der Waals surface area contributed by atoms with E-state index in [4.69, 9.17) is 0 Å². The number of hydrogen-bond donors (Lipinski definition) is 0. The molecule has 0 fully saturated rings. The second-order valence-electron chi connectivity index (χ2n) is 5.22. The van der Waals surface area contributed by atoms with Gasteiger partial charge >= 0.3 is 0 Å². The Labute approximate surface area is 93.9 Å². The Balaban J connectivity index is 2.72. The first-order valence-corrected chi connectivity index (χ1v) is 5.95. The van der Waals surface area contributed by atoms with Crippen molar-refractivity contribution in [2.45, 2.75) is 47.0 Å². The molecule has 1 unspecified atom stereocenters. The van der Waals surface area contributed by atoms with Gasteiger partial charge in [-0.25, -0.2) is 0 Å². The molecule has 0 spiro atoms. The van der Waals surface area contributed by atoms with Gasteiger partial charge < -0.3 is 0 Å². The molecule has 0 aliphatic carbocycles. The van der Waals surface area contributed by atoms with Crippen LogP contribution in [0.2, 0.25) is 0 Å². The summed E-state index contributed by atoms with van der Waals surface area (Å²) in [7, 11) is 0. The molecule has 1 heterocycles. The third-order valence-electron chi connectivity index (χ3n) is 2.96. The molecule has 1 nitrogen and oxygen atoms in total. The number of aromatic nitrogens is 1. The van der Waals surface area contributed by atoms with Crippen molar-refractivity contribution in [3.8, 4) is 0 Å². The second kappa shape index (κ2) is 5.29. The molecule has 1 aromatic heterocycles. The lowest BCUT2D eigenvalue weighted by Gasteiger charge is -2.15. The zero-order valence-corrected chi connectivity index (χ0v) is 10.6. The van der Waals surface area contributed by atoms with Crippen LogP contribution in [0.25, 0.3) is 0 Å². The molecule has 0 aliphatic heterocycles. The fourth-order valence-electron chi connectivity index (χ4n) is 1.64. The molecule has 0 saturated heterocycles. The van der Waals surface area contributed by atoms with E-state index in [-0.39, 0.29) is 0 Å². The van der Waals surface area contributed by atoms with Gasteiger partial charge in [0.1, 0.15) is 0 Å². The van der Waals surface area contributed by atoms with E-state index in [1.165, 1.54) is 11.3 Å². The normalized spacial score (nSPS) is 13.5.